The Kier molecular flexibility index (Phi) is 6.64. The van der Waals surface area contributed by atoms with Crippen LogP contribution in [0, 0.1) is 5.92 Å². The Morgan fingerprint density at radius 2 is 1.91 bits per heavy atom. The lowest BCUT2D eigenvalue weighted by atomic mass is 9.96. The standard InChI is InChI=1S/C38H37N7O2/c1-47-34-19-27(38(46)44-21-26-9-10-31(44)35(26)39)17-30-36(34)45-22-28-16-24(12-14-41-28)29-8-3-2-6-23(29)7-4-5-15-43-32(37(45)42-30)18-25-11-13-40-20-33(25)43/h2-3,6,8,11-14,16-20,26,31,35H,4-5,7,9-10,15,21-22,39H2,1H3. The van der Waals surface area contributed by atoms with Gasteiger partial charge in [0.1, 0.15) is 11.3 Å². The largest absolute Gasteiger partial charge is 0.494 e. The Hall–Kier alpha value is -5.02. The minimum atomic E-state index is -0.00411. The van der Waals surface area contributed by atoms with E-state index in [9.17, 15) is 4.79 Å². The Morgan fingerprint density at radius 3 is 2.77 bits per heavy atom. The van der Waals surface area contributed by atoms with E-state index in [1.54, 1.807) is 7.11 Å². The van der Waals surface area contributed by atoms with Crippen molar-refractivity contribution >= 4 is 27.8 Å². The van der Waals surface area contributed by atoms with Crippen LogP contribution in [0.3, 0.4) is 0 Å². The smallest absolute Gasteiger partial charge is 0.254 e. The number of fused-ring (bicyclic) bond motifs is 13. The van der Waals surface area contributed by atoms with Crippen LogP contribution in [0.15, 0.2) is 79.3 Å². The van der Waals surface area contributed by atoms with E-state index in [0.717, 1.165) is 83.4 Å². The maximum Gasteiger partial charge on any atom is 0.254 e. The molecule has 2 aliphatic heterocycles. The Balaban J connectivity index is 1.25. The second kappa shape index (κ2) is 11.1. The van der Waals surface area contributed by atoms with Crippen molar-refractivity contribution in [2.75, 3.05) is 13.7 Å². The molecule has 9 nitrogen and oxygen atoms in total. The van der Waals surface area contributed by atoms with Gasteiger partial charge >= 0.3 is 0 Å². The van der Waals surface area contributed by atoms with E-state index in [1.807, 2.05) is 35.6 Å². The number of nitrogens with two attached hydrogens (primary N) is 1. The summed E-state index contributed by atoms with van der Waals surface area (Å²) in [4.78, 5) is 30.6. The number of carbonyl (C=O) groups excluding carboxylic acids is 1. The van der Waals surface area contributed by atoms with E-state index in [4.69, 9.17) is 20.4 Å². The molecule has 1 aliphatic carbocycles. The van der Waals surface area contributed by atoms with E-state index >= 15 is 0 Å². The summed E-state index contributed by atoms with van der Waals surface area (Å²) in [5.74, 6) is 1.80. The normalized spacial score (nSPS) is 20.6. The van der Waals surface area contributed by atoms with Gasteiger partial charge in [-0.1, -0.05) is 24.3 Å². The first kappa shape index (κ1) is 28.2. The molecule has 0 radical (unpaired) electrons. The van der Waals surface area contributed by atoms with Crippen molar-refractivity contribution in [1.82, 2.24) is 29.0 Å². The highest BCUT2D eigenvalue weighted by atomic mass is 16.5. The van der Waals surface area contributed by atoms with E-state index < -0.39 is 0 Å². The number of aromatic nitrogens is 5. The van der Waals surface area contributed by atoms with Crippen LogP contribution in [0.5, 0.6) is 5.75 Å². The predicted molar refractivity (Wildman–Crippen MR) is 182 cm³/mol. The number of rotatable bonds is 2. The number of amides is 1. The van der Waals surface area contributed by atoms with Gasteiger partial charge in [0.2, 0.25) is 0 Å². The van der Waals surface area contributed by atoms with Crippen molar-refractivity contribution in [2.45, 2.75) is 57.3 Å². The number of pyridine rings is 2. The van der Waals surface area contributed by atoms with E-state index in [-0.39, 0.29) is 18.0 Å². The fourth-order valence-corrected chi connectivity index (χ4v) is 8.33. The molecule has 3 aliphatic rings. The summed E-state index contributed by atoms with van der Waals surface area (Å²) < 4.78 is 10.6. The first-order valence-corrected chi connectivity index (χ1v) is 16.7. The van der Waals surface area contributed by atoms with Crippen LogP contribution in [-0.2, 0) is 19.5 Å². The summed E-state index contributed by atoms with van der Waals surface area (Å²) in [7, 11) is 1.66. The number of benzene rings is 2. The second-order valence-corrected chi connectivity index (χ2v) is 13.3. The lowest BCUT2D eigenvalue weighted by Crippen LogP contribution is -2.41. The molecule has 47 heavy (non-hydrogen) atoms. The molecule has 9 rings (SSSR count). The molecule has 4 bridgehead atoms. The number of nitrogens with zero attached hydrogens (tertiary/aromatic N) is 6. The number of piperidine rings is 1. The molecular formula is C38H37N7O2. The highest BCUT2D eigenvalue weighted by molar-refractivity contribution is 6.00. The van der Waals surface area contributed by atoms with Gasteiger partial charge in [0.25, 0.3) is 5.91 Å². The number of hydrogen-bond donors (Lipinski definition) is 1. The van der Waals surface area contributed by atoms with Crippen molar-refractivity contribution < 1.29 is 9.53 Å². The van der Waals surface area contributed by atoms with Gasteiger partial charge in [0.05, 0.1) is 42.3 Å². The van der Waals surface area contributed by atoms with Crippen molar-refractivity contribution in [2.24, 2.45) is 11.7 Å². The van der Waals surface area contributed by atoms with Gasteiger partial charge in [-0.3, -0.25) is 14.8 Å². The Bertz CT molecular complexity index is 2180. The first-order chi connectivity index (χ1) is 23.1. The van der Waals surface area contributed by atoms with Gasteiger partial charge in [-0.15, -0.1) is 0 Å². The topological polar surface area (TPSA) is 104 Å². The number of carbonyl (C=O) groups is 1. The van der Waals surface area contributed by atoms with Crippen molar-refractivity contribution in [3.05, 3.63) is 96.1 Å². The van der Waals surface area contributed by atoms with Crippen LogP contribution in [0.4, 0.5) is 0 Å². The number of likely N-dealkylation sites (tertiary alicyclic amines) is 1. The molecule has 2 aromatic carbocycles. The molecule has 236 valence electrons. The SMILES string of the molecule is COc1cc(C(=O)N2CC3CCC2C3N)cc2nc3n(c12)Cc1cc(ccn1)-c1ccccc1CCCCn1c-3cc2ccncc21. The third kappa shape index (κ3) is 4.55. The molecule has 1 saturated carbocycles. The summed E-state index contributed by atoms with van der Waals surface area (Å²) in [6.07, 6.45) is 10.8. The fourth-order valence-electron chi connectivity index (χ4n) is 8.33. The first-order valence-electron chi connectivity index (χ1n) is 16.7. The van der Waals surface area contributed by atoms with E-state index in [1.165, 1.54) is 11.1 Å². The van der Waals surface area contributed by atoms with Gasteiger partial charge in [-0.2, -0.15) is 0 Å². The molecule has 9 heteroatoms. The molecule has 0 spiro atoms. The molecule has 3 unspecified atom stereocenters. The average Bonchev–Trinajstić information content (AvgIpc) is 3.85. The van der Waals surface area contributed by atoms with Crippen molar-refractivity contribution in [3.8, 4) is 28.4 Å². The van der Waals surface area contributed by atoms with Gasteiger partial charge in [-0.25, -0.2) is 4.98 Å². The van der Waals surface area contributed by atoms with Crippen LogP contribution in [0.1, 0.15) is 47.3 Å². The summed E-state index contributed by atoms with van der Waals surface area (Å²) in [5, 5.41) is 1.12. The Morgan fingerprint density at radius 1 is 1.00 bits per heavy atom. The van der Waals surface area contributed by atoms with Gasteiger partial charge in [-0.05, 0) is 91.1 Å². The summed E-state index contributed by atoms with van der Waals surface area (Å²) in [6.45, 7) is 2.03. The molecule has 1 saturated heterocycles. The maximum absolute atomic E-state index is 14.0. The van der Waals surface area contributed by atoms with Gasteiger partial charge in [0, 0.05) is 48.5 Å². The average molecular weight is 624 g/mol. The van der Waals surface area contributed by atoms with Gasteiger partial charge < -0.3 is 24.5 Å². The lowest BCUT2D eigenvalue weighted by Gasteiger charge is -2.27. The van der Waals surface area contributed by atoms with E-state index in [0.29, 0.717) is 30.3 Å². The highest BCUT2D eigenvalue weighted by Gasteiger charge is 2.47. The number of aryl methyl sites for hydroxylation is 2. The molecule has 2 N–H and O–H groups in total. The molecule has 1 amide bonds. The third-order valence-corrected chi connectivity index (χ3v) is 10.7. The number of ether oxygens (including phenoxy) is 1. The van der Waals surface area contributed by atoms with E-state index in [2.05, 4.69) is 62.6 Å². The maximum atomic E-state index is 14.0. The minimum Gasteiger partial charge on any atom is -0.494 e. The highest BCUT2D eigenvalue weighted by Crippen LogP contribution is 2.40. The van der Waals surface area contributed by atoms with Crippen LogP contribution in [0.2, 0.25) is 0 Å². The summed E-state index contributed by atoms with van der Waals surface area (Å²) in [5.41, 5.74) is 15.4. The fraction of sp³-hybridized carbons (Fsp3) is 0.316. The lowest BCUT2D eigenvalue weighted by molar-refractivity contribution is 0.0700. The van der Waals surface area contributed by atoms with Gasteiger partial charge in [0.15, 0.2) is 5.82 Å². The predicted octanol–water partition coefficient (Wildman–Crippen LogP) is 6.07. The molecule has 6 heterocycles. The molecular weight excluding hydrogens is 586 g/mol. The van der Waals surface area contributed by atoms with Crippen LogP contribution < -0.4 is 10.5 Å². The molecule has 3 atom stereocenters. The Labute approximate surface area is 273 Å². The zero-order valence-corrected chi connectivity index (χ0v) is 26.5. The number of imidazole rings is 1. The number of hydrogen-bond acceptors (Lipinski definition) is 6. The van der Waals surface area contributed by atoms with Crippen molar-refractivity contribution in [3.63, 3.8) is 0 Å². The minimum absolute atomic E-state index is 0.00411. The third-order valence-electron chi connectivity index (χ3n) is 10.7. The molecule has 4 aromatic heterocycles. The zero-order chi connectivity index (χ0) is 31.6. The van der Waals surface area contributed by atoms with Crippen molar-refractivity contribution in [1.29, 1.82) is 0 Å². The summed E-state index contributed by atoms with van der Waals surface area (Å²) >= 11 is 0. The molecule has 6 aromatic rings. The number of methoxy groups -OCH3 is 1. The summed E-state index contributed by atoms with van der Waals surface area (Å²) in [6, 6.07) is 21.2. The van der Waals surface area contributed by atoms with Crippen LogP contribution in [-0.4, -0.2) is 60.6 Å². The quantitative estimate of drug-likeness (QED) is 0.251. The molecule has 2 fully saturated rings. The zero-order valence-electron chi connectivity index (χ0n) is 26.5. The van der Waals surface area contributed by atoms with Crippen LogP contribution >= 0.6 is 0 Å². The van der Waals surface area contributed by atoms with Crippen LogP contribution in [0.25, 0.3) is 44.6 Å². The second-order valence-electron chi connectivity index (χ2n) is 13.3. The monoisotopic (exact) mass is 623 g/mol.